The van der Waals surface area contributed by atoms with Crippen molar-refractivity contribution in [2.45, 2.75) is 35.5 Å². The van der Waals surface area contributed by atoms with E-state index in [0.717, 1.165) is 24.3 Å². The highest BCUT2D eigenvalue weighted by atomic mass is 35.5. The van der Waals surface area contributed by atoms with Crippen LogP contribution in [0, 0.1) is 10.1 Å². The summed E-state index contributed by atoms with van der Waals surface area (Å²) in [6, 6.07) is 7.92. The van der Waals surface area contributed by atoms with Gasteiger partial charge in [0.05, 0.1) is 23.7 Å². The molecule has 11 nitrogen and oxygen atoms in total. The summed E-state index contributed by atoms with van der Waals surface area (Å²) in [5.74, 6) is -2.19. The Bertz CT molecular complexity index is 1120. The molecule has 37 heavy (non-hydrogen) atoms. The van der Waals surface area contributed by atoms with E-state index in [-0.39, 0.29) is 22.5 Å². The highest BCUT2D eigenvalue weighted by molar-refractivity contribution is 7.51. The van der Waals surface area contributed by atoms with E-state index in [4.69, 9.17) is 27.7 Å². The molecule has 0 aromatic heterocycles. The van der Waals surface area contributed by atoms with Gasteiger partial charge < -0.3 is 20.4 Å². The molecule has 2 aromatic rings. The van der Waals surface area contributed by atoms with E-state index in [2.05, 4.69) is 5.32 Å². The van der Waals surface area contributed by atoms with E-state index >= 15 is 0 Å². The maximum Gasteiger partial charge on any atom is 0.471 e. The Morgan fingerprint density at radius 3 is 2.16 bits per heavy atom. The Kier molecular flexibility index (Phi) is 10.9. The molecule has 5 N–H and O–H groups in total. The second kappa shape index (κ2) is 13.0. The van der Waals surface area contributed by atoms with Crippen LogP contribution < -0.4 is 10.6 Å². The summed E-state index contributed by atoms with van der Waals surface area (Å²) in [6.07, 6.45) is -8.79. The fraction of sp³-hybridized carbons (Fsp3) is 0.350. The van der Waals surface area contributed by atoms with Crippen LogP contribution in [0.3, 0.4) is 0 Å². The molecule has 0 spiro atoms. The summed E-state index contributed by atoms with van der Waals surface area (Å²) in [5.41, 5.74) is -0.237. The minimum Gasteiger partial charge on any atom is -0.395 e. The lowest BCUT2D eigenvalue weighted by atomic mass is 10.0. The number of anilines is 1. The minimum atomic E-state index is -5.10. The predicted molar refractivity (Wildman–Crippen MR) is 127 cm³/mol. The van der Waals surface area contributed by atoms with Gasteiger partial charge in [-0.1, -0.05) is 12.1 Å². The molecule has 0 radical (unpaired) electrons. The number of nitro benzene ring substituents is 1. The first-order valence-corrected chi connectivity index (χ1v) is 12.8. The van der Waals surface area contributed by atoms with Crippen LogP contribution in [0.5, 0.6) is 0 Å². The smallest absolute Gasteiger partial charge is 0.395 e. The predicted octanol–water partition coefficient (Wildman–Crippen LogP) is 3.61. The molecule has 0 aliphatic carbocycles. The molecular weight excluding hydrogens is 569 g/mol. The molecule has 0 aliphatic rings. The third kappa shape index (κ3) is 9.51. The Morgan fingerprint density at radius 1 is 1.14 bits per heavy atom. The van der Waals surface area contributed by atoms with Gasteiger partial charge in [-0.25, -0.2) is 0 Å². The van der Waals surface area contributed by atoms with Crippen molar-refractivity contribution in [3.63, 3.8) is 0 Å². The minimum absolute atomic E-state index is 0.115. The van der Waals surface area contributed by atoms with Gasteiger partial charge in [-0.2, -0.15) is 13.2 Å². The Hall–Kier alpha value is -2.29. The zero-order chi connectivity index (χ0) is 28.0. The third-order valence-corrected chi connectivity index (χ3v) is 6.55. The van der Waals surface area contributed by atoms with Gasteiger partial charge in [-0.3, -0.25) is 29.3 Å². The first kappa shape index (κ1) is 30.9. The lowest BCUT2D eigenvalue weighted by molar-refractivity contribution is -0.384. The lowest BCUT2D eigenvalue weighted by Gasteiger charge is -2.31. The van der Waals surface area contributed by atoms with Crippen molar-refractivity contribution in [3.05, 3.63) is 69.8 Å². The maximum absolute atomic E-state index is 13.0. The molecule has 0 saturated heterocycles. The van der Waals surface area contributed by atoms with Crippen molar-refractivity contribution in [2.75, 3.05) is 11.9 Å². The molecule has 204 valence electrons. The van der Waals surface area contributed by atoms with E-state index in [1.807, 2.05) is 0 Å². The normalized spacial score (nSPS) is 16.0. The van der Waals surface area contributed by atoms with E-state index < -0.39 is 60.6 Å². The molecule has 0 bridgehead atoms. The standard InChI is InChI=1S/C20H21Cl2F3N3O8P/c21-17(22)18(30)27-15(9-29)16(12-3-7-14(8-4-12)28(32)33)36-37(34,35)10-11-1-5-13(6-2-11)26-19(31)20(23,24)25/h1-8,15-18,27,29-30H,9-10H2,(H,26,31)(H,34,35)/t15-,16-,18?/m1/s1. The SMILES string of the molecule is O=C(Nc1ccc(CP(=O)(O)O[C@H](c2ccc([N+](=O)[O-])cc2)[C@@H](CO)NC(O)C(Cl)Cl)cc1)C(F)(F)F. The summed E-state index contributed by atoms with van der Waals surface area (Å²) in [7, 11) is -4.57. The van der Waals surface area contributed by atoms with Gasteiger partial charge in [0, 0.05) is 17.8 Å². The molecule has 0 heterocycles. The summed E-state index contributed by atoms with van der Waals surface area (Å²) in [5, 5.41) is 34.8. The first-order valence-electron chi connectivity index (χ1n) is 10.2. The van der Waals surface area contributed by atoms with E-state index in [9.17, 15) is 47.8 Å². The summed E-state index contributed by atoms with van der Waals surface area (Å²) in [4.78, 5) is 30.5. The van der Waals surface area contributed by atoms with Crippen LogP contribution in [0.4, 0.5) is 24.5 Å². The van der Waals surface area contributed by atoms with Crippen LogP contribution >= 0.6 is 30.8 Å². The summed E-state index contributed by atoms with van der Waals surface area (Å²) < 4.78 is 55.5. The molecule has 1 amide bonds. The largest absolute Gasteiger partial charge is 0.471 e. The van der Waals surface area contributed by atoms with Crippen LogP contribution in [0.15, 0.2) is 48.5 Å². The second-order valence-corrected chi connectivity index (χ2v) is 10.5. The third-order valence-electron chi connectivity index (χ3n) is 4.75. The molecule has 4 atom stereocenters. The highest BCUT2D eigenvalue weighted by Gasteiger charge is 2.39. The van der Waals surface area contributed by atoms with Gasteiger partial charge >= 0.3 is 19.7 Å². The van der Waals surface area contributed by atoms with Crippen LogP contribution in [-0.4, -0.2) is 55.8 Å². The number of alkyl halides is 5. The molecule has 0 aliphatic heterocycles. The number of hydrogen-bond acceptors (Lipinski definition) is 8. The number of carbonyl (C=O) groups is 1. The molecule has 0 saturated carbocycles. The molecule has 0 fully saturated rings. The zero-order valence-corrected chi connectivity index (χ0v) is 20.9. The van der Waals surface area contributed by atoms with Crippen molar-refractivity contribution in [1.29, 1.82) is 0 Å². The number of nitro groups is 1. The average Bonchev–Trinajstić information content (AvgIpc) is 2.81. The number of nitrogens with one attached hydrogen (secondary N) is 2. The monoisotopic (exact) mass is 589 g/mol. The van der Waals surface area contributed by atoms with Gasteiger partial charge in [0.2, 0.25) is 0 Å². The topological polar surface area (TPSA) is 171 Å². The van der Waals surface area contributed by atoms with Crippen molar-refractivity contribution in [3.8, 4) is 0 Å². The summed E-state index contributed by atoms with van der Waals surface area (Å²) >= 11 is 11.2. The van der Waals surface area contributed by atoms with Crippen molar-refractivity contribution >= 4 is 48.1 Å². The fourth-order valence-corrected chi connectivity index (χ4v) is 4.54. The highest BCUT2D eigenvalue weighted by Crippen LogP contribution is 2.50. The number of halogens is 5. The molecule has 2 rings (SSSR count). The molecule has 17 heteroatoms. The summed E-state index contributed by atoms with van der Waals surface area (Å²) in [6.45, 7) is -0.757. The fourth-order valence-electron chi connectivity index (χ4n) is 3.02. The van der Waals surface area contributed by atoms with Gasteiger partial charge in [0.1, 0.15) is 17.2 Å². The number of amides is 1. The van der Waals surface area contributed by atoms with Crippen LogP contribution in [0.1, 0.15) is 17.2 Å². The van der Waals surface area contributed by atoms with Crippen molar-refractivity contribution in [2.24, 2.45) is 0 Å². The molecule has 2 aromatic carbocycles. The molecule has 2 unspecified atom stereocenters. The Morgan fingerprint density at radius 2 is 1.70 bits per heavy atom. The maximum atomic E-state index is 13.0. The number of hydrogen-bond donors (Lipinski definition) is 5. The first-order chi connectivity index (χ1) is 17.1. The average molecular weight is 590 g/mol. The Balaban J connectivity index is 2.27. The van der Waals surface area contributed by atoms with E-state index in [1.165, 1.54) is 24.3 Å². The van der Waals surface area contributed by atoms with Gasteiger partial charge in [0.15, 0.2) is 0 Å². The van der Waals surface area contributed by atoms with Crippen molar-refractivity contribution in [1.82, 2.24) is 5.32 Å². The number of carbonyl (C=O) groups excluding carboxylic acids is 1. The van der Waals surface area contributed by atoms with Crippen molar-refractivity contribution < 1.29 is 47.1 Å². The number of nitrogens with zero attached hydrogens (tertiary/aromatic N) is 1. The Labute approximate surface area is 217 Å². The van der Waals surface area contributed by atoms with E-state index in [0.29, 0.717) is 0 Å². The zero-order valence-electron chi connectivity index (χ0n) is 18.5. The number of non-ortho nitro benzene ring substituents is 1. The number of aliphatic hydroxyl groups is 2. The lowest BCUT2D eigenvalue weighted by Crippen LogP contribution is -2.47. The number of aliphatic hydroxyl groups excluding tert-OH is 2. The van der Waals surface area contributed by atoms with Crippen LogP contribution in [-0.2, 0) is 20.0 Å². The molecular formula is C20H21Cl2F3N3O8P. The quantitative estimate of drug-likeness (QED) is 0.0815. The van der Waals surface area contributed by atoms with E-state index in [1.54, 1.807) is 5.32 Å². The second-order valence-electron chi connectivity index (χ2n) is 7.55. The van der Waals surface area contributed by atoms with Crippen LogP contribution in [0.2, 0.25) is 0 Å². The van der Waals surface area contributed by atoms with Gasteiger partial charge in [-0.15, -0.1) is 23.2 Å². The van der Waals surface area contributed by atoms with Gasteiger partial charge in [0.25, 0.3) is 5.69 Å². The number of rotatable bonds is 12. The van der Waals surface area contributed by atoms with Crippen LogP contribution in [0.25, 0.3) is 0 Å². The number of benzene rings is 2. The van der Waals surface area contributed by atoms with Gasteiger partial charge in [-0.05, 0) is 35.4 Å².